The molecule has 0 radical (unpaired) electrons. The maximum absolute atomic E-state index is 12.4. The molecule has 0 atom stereocenters. The predicted molar refractivity (Wildman–Crippen MR) is 120 cm³/mol. The number of ether oxygens (including phenoxy) is 1. The minimum Gasteiger partial charge on any atom is -0.485 e. The molecular formula is C23H28N4O2S. The summed E-state index contributed by atoms with van der Waals surface area (Å²) in [5.74, 6) is 1.98. The van der Waals surface area contributed by atoms with Crippen LogP contribution in [0.25, 0.3) is 5.69 Å². The fraction of sp³-hybridized carbons (Fsp3) is 0.348. The first kappa shape index (κ1) is 21.9. The van der Waals surface area contributed by atoms with Gasteiger partial charge < -0.3 is 9.64 Å². The molecule has 0 aliphatic rings. The van der Waals surface area contributed by atoms with Crippen molar-refractivity contribution in [2.24, 2.45) is 0 Å². The van der Waals surface area contributed by atoms with E-state index in [2.05, 4.69) is 10.2 Å². The first-order valence-corrected chi connectivity index (χ1v) is 11.1. The molecule has 30 heavy (non-hydrogen) atoms. The highest BCUT2D eigenvalue weighted by Gasteiger charge is 2.18. The van der Waals surface area contributed by atoms with Gasteiger partial charge in [0.15, 0.2) is 11.0 Å². The summed E-state index contributed by atoms with van der Waals surface area (Å²) in [5, 5.41) is 9.41. The van der Waals surface area contributed by atoms with E-state index in [-0.39, 0.29) is 12.5 Å². The van der Waals surface area contributed by atoms with Gasteiger partial charge in [-0.15, -0.1) is 10.2 Å². The molecule has 0 aliphatic heterocycles. The van der Waals surface area contributed by atoms with Crippen LogP contribution in [-0.2, 0) is 11.4 Å². The number of thioether (sulfide) groups is 1. The predicted octanol–water partition coefficient (Wildman–Crippen LogP) is 4.42. The number of carbonyl (C=O) groups is 1. The zero-order valence-electron chi connectivity index (χ0n) is 18.0. The van der Waals surface area contributed by atoms with E-state index in [1.165, 1.54) is 11.8 Å². The maximum atomic E-state index is 12.4. The third-order valence-corrected chi connectivity index (χ3v) is 5.82. The van der Waals surface area contributed by atoms with Crippen LogP contribution in [0.15, 0.2) is 53.7 Å². The van der Waals surface area contributed by atoms with Gasteiger partial charge in [-0.25, -0.2) is 0 Å². The van der Waals surface area contributed by atoms with Crippen LogP contribution in [0.5, 0.6) is 5.75 Å². The van der Waals surface area contributed by atoms with Crippen LogP contribution in [0, 0.1) is 13.8 Å². The van der Waals surface area contributed by atoms with Crippen molar-refractivity contribution in [1.29, 1.82) is 0 Å². The van der Waals surface area contributed by atoms with E-state index in [0.29, 0.717) is 29.8 Å². The Hall–Kier alpha value is -2.80. The summed E-state index contributed by atoms with van der Waals surface area (Å²) >= 11 is 1.40. The Morgan fingerprint density at radius 3 is 2.30 bits per heavy atom. The molecule has 0 saturated heterocycles. The molecule has 158 valence electrons. The van der Waals surface area contributed by atoms with Crippen LogP contribution in [0.1, 0.15) is 30.8 Å². The molecule has 0 fully saturated rings. The summed E-state index contributed by atoms with van der Waals surface area (Å²) in [5.41, 5.74) is 3.11. The van der Waals surface area contributed by atoms with E-state index in [1.54, 1.807) is 0 Å². The molecule has 0 saturated carbocycles. The average molecular weight is 425 g/mol. The van der Waals surface area contributed by atoms with Gasteiger partial charge in [-0.05, 0) is 51.0 Å². The van der Waals surface area contributed by atoms with Crippen LogP contribution in [0.3, 0.4) is 0 Å². The fourth-order valence-corrected chi connectivity index (χ4v) is 4.15. The van der Waals surface area contributed by atoms with Crippen molar-refractivity contribution in [3.8, 4) is 11.4 Å². The molecule has 3 rings (SSSR count). The number of carbonyl (C=O) groups excluding carboxylic acids is 1. The minimum atomic E-state index is 0.0981. The number of hydrogen-bond donors (Lipinski definition) is 0. The number of benzene rings is 2. The molecule has 0 N–H and O–H groups in total. The van der Waals surface area contributed by atoms with Crippen LogP contribution >= 0.6 is 11.8 Å². The lowest BCUT2D eigenvalue weighted by molar-refractivity contribution is -0.127. The molecule has 7 heteroatoms. The highest BCUT2D eigenvalue weighted by molar-refractivity contribution is 7.99. The van der Waals surface area contributed by atoms with Gasteiger partial charge in [0.2, 0.25) is 5.91 Å². The highest BCUT2D eigenvalue weighted by Crippen LogP contribution is 2.26. The largest absolute Gasteiger partial charge is 0.485 e. The topological polar surface area (TPSA) is 60.3 Å². The van der Waals surface area contributed by atoms with Gasteiger partial charge in [0, 0.05) is 18.8 Å². The van der Waals surface area contributed by atoms with Crippen molar-refractivity contribution in [3.63, 3.8) is 0 Å². The second kappa shape index (κ2) is 10.3. The van der Waals surface area contributed by atoms with Gasteiger partial charge in [0.25, 0.3) is 0 Å². The van der Waals surface area contributed by atoms with E-state index >= 15 is 0 Å². The summed E-state index contributed by atoms with van der Waals surface area (Å²) in [4.78, 5) is 14.3. The van der Waals surface area contributed by atoms with Gasteiger partial charge in [-0.1, -0.05) is 48.2 Å². The summed E-state index contributed by atoms with van der Waals surface area (Å²) < 4.78 is 8.09. The third-order valence-electron chi connectivity index (χ3n) is 4.91. The van der Waals surface area contributed by atoms with Crippen molar-refractivity contribution < 1.29 is 9.53 Å². The normalized spacial score (nSPS) is 10.8. The van der Waals surface area contributed by atoms with Gasteiger partial charge in [0.1, 0.15) is 12.4 Å². The van der Waals surface area contributed by atoms with Crippen LogP contribution in [0.4, 0.5) is 0 Å². The Bertz CT molecular complexity index is 964. The number of amides is 1. The van der Waals surface area contributed by atoms with Crippen molar-refractivity contribution in [1.82, 2.24) is 19.7 Å². The average Bonchev–Trinajstić information content (AvgIpc) is 3.16. The second-order valence-corrected chi connectivity index (χ2v) is 7.88. The SMILES string of the molecule is CCN(CC)C(=O)CSc1nnc(COc2c(C)cccc2C)n1-c1ccccc1. The molecule has 6 nitrogen and oxygen atoms in total. The Morgan fingerprint density at radius 1 is 1.00 bits per heavy atom. The fourth-order valence-electron chi connectivity index (χ4n) is 3.28. The lowest BCUT2D eigenvalue weighted by Gasteiger charge is -2.18. The van der Waals surface area contributed by atoms with Crippen molar-refractivity contribution in [2.75, 3.05) is 18.8 Å². The number of rotatable bonds is 9. The standard InChI is InChI=1S/C23H28N4O2S/c1-5-26(6-2)21(28)16-30-23-25-24-20(27(23)19-13-8-7-9-14-19)15-29-22-17(3)11-10-12-18(22)4/h7-14H,5-6,15-16H2,1-4H3. The van der Waals surface area contributed by atoms with Crippen LogP contribution in [-0.4, -0.2) is 44.4 Å². The van der Waals surface area contributed by atoms with Gasteiger partial charge in [-0.2, -0.15) is 0 Å². The summed E-state index contributed by atoms with van der Waals surface area (Å²) in [6.07, 6.45) is 0. The Kier molecular flexibility index (Phi) is 7.52. The van der Waals surface area contributed by atoms with Crippen molar-refractivity contribution in [3.05, 3.63) is 65.5 Å². The Morgan fingerprint density at radius 2 is 1.67 bits per heavy atom. The molecule has 3 aromatic rings. The van der Waals surface area contributed by atoms with Crippen LogP contribution in [0.2, 0.25) is 0 Å². The quantitative estimate of drug-likeness (QED) is 0.476. The zero-order chi connectivity index (χ0) is 21.5. The summed E-state index contributed by atoms with van der Waals surface area (Å²) in [6, 6.07) is 16.0. The van der Waals surface area contributed by atoms with E-state index in [4.69, 9.17) is 4.74 Å². The summed E-state index contributed by atoms with van der Waals surface area (Å²) in [7, 11) is 0. The maximum Gasteiger partial charge on any atom is 0.233 e. The third kappa shape index (κ3) is 5.02. The van der Waals surface area contributed by atoms with Crippen LogP contribution < -0.4 is 4.74 Å². The Balaban J connectivity index is 1.84. The second-order valence-electron chi connectivity index (χ2n) is 6.93. The molecule has 1 heterocycles. The molecule has 0 unspecified atom stereocenters. The first-order valence-electron chi connectivity index (χ1n) is 10.1. The smallest absolute Gasteiger partial charge is 0.233 e. The molecule has 1 amide bonds. The van der Waals surface area contributed by atoms with E-state index < -0.39 is 0 Å². The highest BCUT2D eigenvalue weighted by atomic mass is 32.2. The molecule has 0 spiro atoms. The molecule has 0 aliphatic carbocycles. The van der Waals surface area contributed by atoms with Crippen molar-refractivity contribution in [2.45, 2.75) is 39.5 Å². The lowest BCUT2D eigenvalue weighted by atomic mass is 10.1. The first-order chi connectivity index (χ1) is 14.5. The van der Waals surface area contributed by atoms with Crippen molar-refractivity contribution >= 4 is 17.7 Å². The zero-order valence-corrected chi connectivity index (χ0v) is 18.8. The van der Waals surface area contributed by atoms with E-state index in [1.807, 2.05) is 85.7 Å². The van der Waals surface area contributed by atoms with E-state index in [9.17, 15) is 4.79 Å². The summed E-state index contributed by atoms with van der Waals surface area (Å²) in [6.45, 7) is 9.74. The monoisotopic (exact) mass is 424 g/mol. The number of hydrogen-bond acceptors (Lipinski definition) is 5. The molecule has 2 aromatic carbocycles. The number of para-hydroxylation sites is 2. The molecule has 0 bridgehead atoms. The van der Waals surface area contributed by atoms with Gasteiger partial charge in [0.05, 0.1) is 5.75 Å². The number of nitrogens with zero attached hydrogens (tertiary/aromatic N) is 4. The Labute approximate surface area is 182 Å². The number of aryl methyl sites for hydroxylation is 2. The minimum absolute atomic E-state index is 0.0981. The van der Waals surface area contributed by atoms with Gasteiger partial charge >= 0.3 is 0 Å². The lowest BCUT2D eigenvalue weighted by Crippen LogP contribution is -2.31. The van der Waals surface area contributed by atoms with E-state index in [0.717, 1.165) is 22.6 Å². The van der Waals surface area contributed by atoms with Gasteiger partial charge in [-0.3, -0.25) is 9.36 Å². The molecular weight excluding hydrogens is 396 g/mol. The molecule has 1 aromatic heterocycles. The number of aromatic nitrogens is 3.